The minimum absolute atomic E-state index is 0.361. The first kappa shape index (κ1) is 24.7. The fraction of sp³-hybridized carbons (Fsp3) is 0.424. The van der Waals surface area contributed by atoms with Gasteiger partial charge in [-0.15, -0.1) is 0 Å². The predicted molar refractivity (Wildman–Crippen MR) is 159 cm³/mol. The Morgan fingerprint density at radius 1 is 0.900 bits per heavy atom. The van der Waals surface area contributed by atoms with Gasteiger partial charge in [-0.05, 0) is 106 Å². The highest BCUT2D eigenvalue weighted by atomic mass is 16.7. The fourth-order valence-electron chi connectivity index (χ4n) is 7.29. The number of hydrogen-bond acceptors (Lipinski definition) is 5. The minimum Gasteiger partial charge on any atom is -0.488 e. The van der Waals surface area contributed by atoms with Crippen molar-refractivity contribution >= 4 is 23.6 Å². The van der Waals surface area contributed by atoms with Gasteiger partial charge in [0.2, 0.25) is 0 Å². The molecular formula is C33H36BN3O3. The maximum atomic E-state index is 6.30. The van der Waals surface area contributed by atoms with Crippen molar-refractivity contribution in [2.45, 2.75) is 76.9 Å². The Morgan fingerprint density at radius 3 is 2.42 bits per heavy atom. The summed E-state index contributed by atoms with van der Waals surface area (Å²) in [6, 6.07) is 20.7. The number of H-pyrrole nitrogens is 1. The number of hydrogen-bond donors (Lipinski definition) is 1. The highest BCUT2D eigenvalue weighted by Crippen LogP contribution is 2.49. The molecule has 4 aromatic rings. The summed E-state index contributed by atoms with van der Waals surface area (Å²) < 4.78 is 18.9. The van der Waals surface area contributed by atoms with Crippen LogP contribution in [0.3, 0.4) is 0 Å². The Balaban J connectivity index is 1.07. The second kappa shape index (κ2) is 8.45. The summed E-state index contributed by atoms with van der Waals surface area (Å²) in [7, 11) is 1.89. The van der Waals surface area contributed by atoms with Crippen LogP contribution >= 0.6 is 0 Å². The number of fused-ring (bicyclic) bond motifs is 6. The van der Waals surface area contributed by atoms with Gasteiger partial charge in [0.1, 0.15) is 18.2 Å². The molecule has 1 aromatic heterocycles. The van der Waals surface area contributed by atoms with Gasteiger partial charge in [-0.1, -0.05) is 36.4 Å². The third-order valence-electron chi connectivity index (χ3n) is 10.3. The molecule has 2 bridgehead atoms. The van der Waals surface area contributed by atoms with Crippen LogP contribution in [-0.4, -0.2) is 46.3 Å². The number of rotatable bonds is 3. The normalized spacial score (nSPS) is 26.2. The van der Waals surface area contributed by atoms with E-state index in [2.05, 4.69) is 99.2 Å². The molecule has 7 heteroatoms. The summed E-state index contributed by atoms with van der Waals surface area (Å²) >= 11 is 0. The zero-order valence-corrected chi connectivity index (χ0v) is 24.0. The maximum Gasteiger partial charge on any atom is 0.494 e. The molecule has 40 heavy (non-hydrogen) atoms. The van der Waals surface area contributed by atoms with Gasteiger partial charge in [-0.3, -0.25) is 4.90 Å². The van der Waals surface area contributed by atoms with Crippen LogP contribution in [0, 0.1) is 5.92 Å². The quantitative estimate of drug-likeness (QED) is 0.316. The molecule has 8 rings (SSSR count). The molecule has 3 atom stereocenters. The van der Waals surface area contributed by atoms with E-state index in [0.717, 1.165) is 62.3 Å². The monoisotopic (exact) mass is 533 g/mol. The van der Waals surface area contributed by atoms with Crippen LogP contribution in [0.15, 0.2) is 54.6 Å². The van der Waals surface area contributed by atoms with Crippen LogP contribution in [0.4, 0.5) is 0 Å². The van der Waals surface area contributed by atoms with E-state index in [9.17, 15) is 0 Å². The Labute approximate surface area is 236 Å². The number of benzene rings is 3. The minimum atomic E-state index is -0.374. The van der Waals surface area contributed by atoms with E-state index < -0.39 is 0 Å². The lowest BCUT2D eigenvalue weighted by molar-refractivity contribution is 0.00578. The lowest BCUT2D eigenvalue weighted by Crippen LogP contribution is -2.41. The molecule has 0 unspecified atom stereocenters. The SMILES string of the molecule is CN1[C@@H]2CC[C@@H](C2)[C@H]1c1nc2ccc(-c3ccc4c(c3)OCc3cc(B5OC(C)(C)C(C)(C)O5)ccc3-4)cc2[nH]1. The molecule has 2 saturated heterocycles. The molecule has 3 aliphatic heterocycles. The summed E-state index contributed by atoms with van der Waals surface area (Å²) in [4.78, 5) is 11.2. The standard InChI is InChI=1S/C33H36BN3O3/c1-32(2)33(3,4)40-34(39-32)23-9-12-25-22(14-23)18-38-29-17-20(7-11-26(25)29)19-8-13-27-28(16-19)36-31(35-27)30-21-6-10-24(15-21)37(30)5/h7-9,11-14,16-17,21,24,30H,6,10,15,18H2,1-5H3,(H,35,36)/t21-,24+,30-/m0/s1. The van der Waals surface area contributed by atoms with Crippen molar-refractivity contribution in [1.29, 1.82) is 0 Å². The third-order valence-corrected chi connectivity index (χ3v) is 10.3. The van der Waals surface area contributed by atoms with Gasteiger partial charge in [-0.25, -0.2) is 4.98 Å². The van der Waals surface area contributed by atoms with Gasteiger partial charge in [0.15, 0.2) is 0 Å². The van der Waals surface area contributed by atoms with Crippen molar-refractivity contribution < 1.29 is 14.0 Å². The van der Waals surface area contributed by atoms with Gasteiger partial charge in [0, 0.05) is 11.6 Å². The van der Waals surface area contributed by atoms with Crippen LogP contribution in [0.25, 0.3) is 33.3 Å². The maximum absolute atomic E-state index is 6.30. The molecule has 6 nitrogen and oxygen atoms in total. The third kappa shape index (κ3) is 3.64. The first-order chi connectivity index (χ1) is 19.2. The zero-order chi connectivity index (χ0) is 27.4. The fourth-order valence-corrected chi connectivity index (χ4v) is 7.29. The number of aromatic amines is 1. The number of imidazole rings is 1. The molecule has 1 aliphatic carbocycles. The van der Waals surface area contributed by atoms with Crippen molar-refractivity contribution in [3.05, 3.63) is 66.0 Å². The molecule has 0 spiro atoms. The second-order valence-electron chi connectivity index (χ2n) is 13.2. The lowest BCUT2D eigenvalue weighted by Gasteiger charge is -2.32. The molecule has 3 aromatic carbocycles. The lowest BCUT2D eigenvalue weighted by atomic mass is 9.77. The highest BCUT2D eigenvalue weighted by molar-refractivity contribution is 6.62. The van der Waals surface area contributed by atoms with Gasteiger partial charge < -0.3 is 19.0 Å². The summed E-state index contributed by atoms with van der Waals surface area (Å²) in [6.45, 7) is 8.87. The number of nitrogens with zero attached hydrogens (tertiary/aromatic N) is 2. The van der Waals surface area contributed by atoms with Crippen LogP contribution in [-0.2, 0) is 15.9 Å². The molecular weight excluding hydrogens is 497 g/mol. The first-order valence-electron chi connectivity index (χ1n) is 14.6. The predicted octanol–water partition coefficient (Wildman–Crippen LogP) is 6.24. The molecule has 4 aliphatic rings. The van der Waals surface area contributed by atoms with E-state index in [1.54, 1.807) is 0 Å². The Hall–Kier alpha value is -3.13. The second-order valence-corrected chi connectivity index (χ2v) is 13.2. The van der Waals surface area contributed by atoms with Gasteiger partial charge in [0.05, 0.1) is 28.3 Å². The van der Waals surface area contributed by atoms with Crippen LogP contribution < -0.4 is 10.2 Å². The van der Waals surface area contributed by atoms with Crippen LogP contribution in [0.2, 0.25) is 0 Å². The molecule has 1 N–H and O–H groups in total. The summed E-state index contributed by atoms with van der Waals surface area (Å²) in [6.07, 6.45) is 3.95. The van der Waals surface area contributed by atoms with Crippen molar-refractivity contribution in [2.75, 3.05) is 7.05 Å². The van der Waals surface area contributed by atoms with Crippen molar-refractivity contribution in [1.82, 2.24) is 14.9 Å². The van der Waals surface area contributed by atoms with Crippen molar-refractivity contribution in [3.63, 3.8) is 0 Å². The topological polar surface area (TPSA) is 59.6 Å². The highest BCUT2D eigenvalue weighted by Gasteiger charge is 2.52. The largest absolute Gasteiger partial charge is 0.494 e. The van der Waals surface area contributed by atoms with E-state index in [1.165, 1.54) is 24.8 Å². The van der Waals surface area contributed by atoms with Gasteiger partial charge >= 0.3 is 7.12 Å². The molecule has 0 radical (unpaired) electrons. The van der Waals surface area contributed by atoms with Crippen LogP contribution in [0.1, 0.15) is 64.4 Å². The average Bonchev–Trinajstić information content (AvgIpc) is 3.69. The smallest absolute Gasteiger partial charge is 0.488 e. The zero-order valence-electron chi connectivity index (χ0n) is 24.0. The Kier molecular flexibility index (Phi) is 5.21. The van der Waals surface area contributed by atoms with E-state index >= 15 is 0 Å². The number of aromatic nitrogens is 2. The average molecular weight is 533 g/mol. The van der Waals surface area contributed by atoms with E-state index in [1.807, 2.05) is 0 Å². The molecule has 1 saturated carbocycles. The molecule has 204 valence electrons. The van der Waals surface area contributed by atoms with Crippen LogP contribution in [0.5, 0.6) is 5.75 Å². The van der Waals surface area contributed by atoms with E-state index in [0.29, 0.717) is 12.6 Å². The Morgan fingerprint density at radius 2 is 1.65 bits per heavy atom. The number of likely N-dealkylation sites (tertiary alicyclic amines) is 1. The first-order valence-corrected chi connectivity index (χ1v) is 14.6. The molecule has 4 heterocycles. The Bertz CT molecular complexity index is 1640. The summed E-state index contributed by atoms with van der Waals surface area (Å²) in [5, 5.41) is 0. The summed E-state index contributed by atoms with van der Waals surface area (Å²) in [5.41, 5.74) is 8.24. The summed E-state index contributed by atoms with van der Waals surface area (Å²) in [5.74, 6) is 2.76. The number of piperidine rings is 1. The molecule has 3 fully saturated rings. The van der Waals surface area contributed by atoms with Gasteiger partial charge in [0.25, 0.3) is 0 Å². The van der Waals surface area contributed by atoms with E-state index in [-0.39, 0.29) is 18.3 Å². The van der Waals surface area contributed by atoms with Gasteiger partial charge in [-0.2, -0.15) is 0 Å². The molecule has 0 amide bonds. The van der Waals surface area contributed by atoms with E-state index in [4.69, 9.17) is 19.0 Å². The van der Waals surface area contributed by atoms with Crippen molar-refractivity contribution in [2.24, 2.45) is 5.92 Å². The number of nitrogens with one attached hydrogen (secondary N) is 1. The number of ether oxygens (including phenoxy) is 1. The van der Waals surface area contributed by atoms with Crippen molar-refractivity contribution in [3.8, 4) is 28.0 Å².